The highest BCUT2D eigenvalue weighted by atomic mass is 16.3. The Labute approximate surface area is 162 Å². The van der Waals surface area contributed by atoms with Crippen LogP contribution in [-0.4, -0.2) is 26.9 Å². The largest absolute Gasteiger partial charge is 0.461 e. The van der Waals surface area contributed by atoms with E-state index in [2.05, 4.69) is 15.7 Å². The van der Waals surface area contributed by atoms with E-state index in [0.29, 0.717) is 11.6 Å². The number of benzene rings is 1. The molecule has 2 heterocycles. The molecule has 2 aromatic heterocycles. The van der Waals surface area contributed by atoms with Crippen molar-refractivity contribution in [2.75, 3.05) is 11.9 Å². The van der Waals surface area contributed by atoms with Gasteiger partial charge < -0.3 is 15.1 Å². The Kier molecular flexibility index (Phi) is 4.77. The number of rotatable bonds is 6. The lowest BCUT2D eigenvalue weighted by molar-refractivity contribution is 0.251. The molecule has 2 amide bonds. The van der Waals surface area contributed by atoms with Crippen LogP contribution in [0, 0.1) is 13.8 Å². The highest BCUT2D eigenvalue weighted by molar-refractivity contribution is 5.89. The van der Waals surface area contributed by atoms with Gasteiger partial charge in [-0.15, -0.1) is 5.10 Å². The molecule has 1 aromatic carbocycles. The number of hydrogen-bond acceptors (Lipinski definition) is 4. The highest BCUT2D eigenvalue weighted by Gasteiger charge is 2.31. The van der Waals surface area contributed by atoms with Crippen molar-refractivity contribution in [1.82, 2.24) is 19.7 Å². The van der Waals surface area contributed by atoms with E-state index in [0.717, 1.165) is 29.7 Å². The minimum atomic E-state index is -0.314. The third kappa shape index (κ3) is 3.85. The zero-order chi connectivity index (χ0) is 19.7. The molecule has 2 N–H and O–H groups in total. The van der Waals surface area contributed by atoms with E-state index in [1.165, 1.54) is 4.68 Å². The Bertz CT molecular complexity index is 1020. The monoisotopic (exact) mass is 381 g/mol. The molecule has 0 atom stereocenters. The molecule has 8 heteroatoms. The molecule has 4 rings (SSSR count). The van der Waals surface area contributed by atoms with Gasteiger partial charge in [-0.3, -0.25) is 4.57 Å². The number of anilines is 1. The molecule has 3 aromatic rings. The lowest BCUT2D eigenvalue weighted by atomic mass is 10.1. The second kappa shape index (κ2) is 7.38. The van der Waals surface area contributed by atoms with Gasteiger partial charge in [-0.25, -0.2) is 14.3 Å². The van der Waals surface area contributed by atoms with E-state index >= 15 is 0 Å². The van der Waals surface area contributed by atoms with Gasteiger partial charge in [0, 0.05) is 18.3 Å². The van der Waals surface area contributed by atoms with E-state index in [1.54, 1.807) is 23.0 Å². The maximum Gasteiger partial charge on any atom is 0.346 e. The second-order valence-electron chi connectivity index (χ2n) is 7.17. The first-order valence-electron chi connectivity index (χ1n) is 9.37. The van der Waals surface area contributed by atoms with E-state index in [4.69, 9.17) is 4.42 Å². The Balaban J connectivity index is 1.40. The fourth-order valence-corrected chi connectivity index (χ4v) is 3.30. The quantitative estimate of drug-likeness (QED) is 0.686. The van der Waals surface area contributed by atoms with Gasteiger partial charge in [0.05, 0.1) is 12.8 Å². The number of furan rings is 1. The average molecular weight is 381 g/mol. The van der Waals surface area contributed by atoms with Crippen molar-refractivity contribution in [3.63, 3.8) is 0 Å². The molecule has 146 valence electrons. The first kappa shape index (κ1) is 18.1. The van der Waals surface area contributed by atoms with Gasteiger partial charge in [0.2, 0.25) is 5.82 Å². The number of nitrogens with zero attached hydrogens (tertiary/aromatic N) is 3. The molecule has 0 unspecified atom stereocenters. The second-order valence-corrected chi connectivity index (χ2v) is 7.17. The first-order chi connectivity index (χ1) is 13.5. The Morgan fingerprint density at radius 3 is 2.64 bits per heavy atom. The molecule has 1 fully saturated rings. The van der Waals surface area contributed by atoms with Crippen molar-refractivity contribution in [3.8, 4) is 11.6 Å². The van der Waals surface area contributed by atoms with Crippen molar-refractivity contribution in [2.45, 2.75) is 39.3 Å². The third-order valence-corrected chi connectivity index (χ3v) is 4.61. The summed E-state index contributed by atoms with van der Waals surface area (Å²) >= 11 is 0. The minimum Gasteiger partial charge on any atom is -0.461 e. The van der Waals surface area contributed by atoms with Gasteiger partial charge in [-0.05, 0) is 62.1 Å². The van der Waals surface area contributed by atoms with Crippen LogP contribution < -0.4 is 16.3 Å². The molecule has 0 radical (unpaired) electrons. The van der Waals surface area contributed by atoms with Crippen LogP contribution in [0.15, 0.2) is 45.8 Å². The lowest BCUT2D eigenvalue weighted by Gasteiger charge is -2.09. The zero-order valence-corrected chi connectivity index (χ0v) is 15.9. The fourth-order valence-electron chi connectivity index (χ4n) is 3.30. The van der Waals surface area contributed by atoms with Gasteiger partial charge in [-0.2, -0.15) is 0 Å². The number of aryl methyl sites for hydroxylation is 2. The summed E-state index contributed by atoms with van der Waals surface area (Å²) in [5.74, 6) is 1.11. The van der Waals surface area contributed by atoms with Crippen LogP contribution in [0.4, 0.5) is 10.5 Å². The smallest absolute Gasteiger partial charge is 0.346 e. The molecule has 1 aliphatic carbocycles. The Morgan fingerprint density at radius 2 is 2.00 bits per heavy atom. The number of nitrogens with one attached hydrogen (secondary N) is 2. The van der Waals surface area contributed by atoms with Gasteiger partial charge >= 0.3 is 11.7 Å². The van der Waals surface area contributed by atoms with Crippen LogP contribution in [0.5, 0.6) is 0 Å². The fraction of sp³-hybridized carbons (Fsp3) is 0.350. The Hall–Kier alpha value is -3.29. The third-order valence-electron chi connectivity index (χ3n) is 4.61. The first-order valence-corrected chi connectivity index (χ1v) is 9.37. The maximum atomic E-state index is 12.7. The molecule has 8 nitrogen and oxygen atoms in total. The summed E-state index contributed by atoms with van der Waals surface area (Å²) in [6.45, 7) is 4.53. The summed E-state index contributed by atoms with van der Waals surface area (Å²) in [5.41, 5.74) is 2.73. The molecule has 0 aliphatic heterocycles. The van der Waals surface area contributed by atoms with Gasteiger partial charge in [-0.1, -0.05) is 6.07 Å². The lowest BCUT2D eigenvalue weighted by Crippen LogP contribution is -2.34. The van der Waals surface area contributed by atoms with Crippen LogP contribution in [0.3, 0.4) is 0 Å². The van der Waals surface area contributed by atoms with Crippen LogP contribution in [-0.2, 0) is 6.54 Å². The van der Waals surface area contributed by atoms with Crippen LogP contribution in [0.1, 0.15) is 30.0 Å². The van der Waals surface area contributed by atoms with Crippen molar-refractivity contribution >= 4 is 11.7 Å². The van der Waals surface area contributed by atoms with E-state index in [9.17, 15) is 9.59 Å². The Morgan fingerprint density at radius 1 is 1.25 bits per heavy atom. The minimum absolute atomic E-state index is 0.176. The number of urea groups is 1. The van der Waals surface area contributed by atoms with Crippen molar-refractivity contribution in [1.29, 1.82) is 0 Å². The molecule has 0 saturated heterocycles. The summed E-state index contributed by atoms with van der Waals surface area (Å²) in [4.78, 5) is 24.8. The summed E-state index contributed by atoms with van der Waals surface area (Å²) in [5, 5.41) is 10.0. The van der Waals surface area contributed by atoms with Crippen molar-refractivity contribution < 1.29 is 9.21 Å². The number of aromatic nitrogens is 3. The zero-order valence-electron chi connectivity index (χ0n) is 15.9. The molecular formula is C20H23N5O3. The summed E-state index contributed by atoms with van der Waals surface area (Å²) in [6, 6.07) is 9.29. The van der Waals surface area contributed by atoms with Crippen molar-refractivity contribution in [3.05, 3.63) is 58.2 Å². The SMILES string of the molecule is Cc1cc(C)cc(NC(=O)NCCn2nc(-c3ccco3)n(C3CC3)c2=O)c1. The van der Waals surface area contributed by atoms with Crippen molar-refractivity contribution in [2.24, 2.45) is 0 Å². The molecule has 28 heavy (non-hydrogen) atoms. The van der Waals surface area contributed by atoms with E-state index in [1.807, 2.05) is 32.0 Å². The number of carbonyl (C=O) groups is 1. The topological polar surface area (TPSA) is 94.1 Å². The normalized spacial score (nSPS) is 13.5. The highest BCUT2D eigenvalue weighted by Crippen LogP contribution is 2.36. The number of amides is 2. The summed E-state index contributed by atoms with van der Waals surface area (Å²) in [7, 11) is 0. The number of carbonyl (C=O) groups excluding carboxylic acids is 1. The molecule has 0 bridgehead atoms. The molecule has 0 spiro atoms. The molecular weight excluding hydrogens is 358 g/mol. The maximum absolute atomic E-state index is 12.7. The van der Waals surface area contributed by atoms with Crippen LogP contribution in [0.2, 0.25) is 0 Å². The van der Waals surface area contributed by atoms with Crippen LogP contribution >= 0.6 is 0 Å². The van der Waals surface area contributed by atoms with Gasteiger partial charge in [0.1, 0.15) is 0 Å². The van der Waals surface area contributed by atoms with E-state index in [-0.39, 0.29) is 30.9 Å². The standard InChI is InChI=1S/C20H23N5O3/c1-13-10-14(2)12-15(11-13)22-19(26)21-7-8-24-20(27)25(16-5-6-16)18(23-24)17-4-3-9-28-17/h3-4,9-12,16H,5-8H2,1-2H3,(H2,21,22,26). The molecule has 1 aliphatic rings. The number of hydrogen-bond donors (Lipinski definition) is 2. The predicted octanol–water partition coefficient (Wildman–Crippen LogP) is 3.08. The summed E-state index contributed by atoms with van der Waals surface area (Å²) in [6.07, 6.45) is 3.50. The summed E-state index contributed by atoms with van der Waals surface area (Å²) < 4.78 is 8.49. The van der Waals surface area contributed by atoms with Crippen LogP contribution in [0.25, 0.3) is 11.6 Å². The predicted molar refractivity (Wildman–Crippen MR) is 105 cm³/mol. The average Bonchev–Trinajstić information content (AvgIpc) is 3.20. The van der Waals surface area contributed by atoms with Gasteiger partial charge in [0.15, 0.2) is 5.76 Å². The molecule has 1 saturated carbocycles. The van der Waals surface area contributed by atoms with E-state index < -0.39 is 0 Å². The van der Waals surface area contributed by atoms with Gasteiger partial charge in [0.25, 0.3) is 0 Å².